The van der Waals surface area contributed by atoms with Crippen LogP contribution in [0.15, 0.2) is 24.3 Å². The van der Waals surface area contributed by atoms with Gasteiger partial charge in [0.05, 0.1) is 19.3 Å². The Morgan fingerprint density at radius 1 is 0.950 bits per heavy atom. The number of hydrogen-bond donors (Lipinski definition) is 0. The molecule has 0 unspecified atom stereocenters. The van der Waals surface area contributed by atoms with Crippen LogP contribution in [0.4, 0.5) is 0 Å². The average molecular weight is 276 g/mol. The Balaban J connectivity index is 1.73. The molecule has 0 N–H and O–H groups in total. The first-order valence-electron chi connectivity index (χ1n) is 8.15. The van der Waals surface area contributed by atoms with Gasteiger partial charge >= 0.3 is 0 Å². The van der Waals surface area contributed by atoms with Crippen molar-refractivity contribution in [2.75, 3.05) is 13.2 Å². The Labute approximate surface area is 123 Å². The summed E-state index contributed by atoms with van der Waals surface area (Å²) in [4.78, 5) is 0. The van der Waals surface area contributed by atoms with Gasteiger partial charge in [0.25, 0.3) is 0 Å². The van der Waals surface area contributed by atoms with Crippen molar-refractivity contribution >= 4 is 0 Å². The highest BCUT2D eigenvalue weighted by molar-refractivity contribution is 5.24. The molecule has 2 heteroatoms. The van der Waals surface area contributed by atoms with E-state index in [0.717, 1.165) is 19.4 Å². The largest absolute Gasteiger partial charge is 0.373 e. The van der Waals surface area contributed by atoms with Crippen LogP contribution >= 0.6 is 0 Å². The van der Waals surface area contributed by atoms with Crippen LogP contribution < -0.4 is 0 Å². The molecule has 0 radical (unpaired) electrons. The maximum absolute atomic E-state index is 5.98. The maximum atomic E-state index is 5.98. The summed E-state index contributed by atoms with van der Waals surface area (Å²) in [6.07, 6.45) is 7.85. The van der Waals surface area contributed by atoms with Crippen LogP contribution in [0.5, 0.6) is 0 Å². The molecule has 2 nitrogen and oxygen atoms in total. The molecule has 1 fully saturated rings. The first-order valence-corrected chi connectivity index (χ1v) is 8.15. The van der Waals surface area contributed by atoms with E-state index in [1.54, 1.807) is 0 Å². The Kier molecular flexibility index (Phi) is 6.55. The number of unbranched alkanes of at least 4 members (excludes halogenated alkanes) is 3. The molecule has 0 aliphatic carbocycles. The minimum atomic E-state index is 0.118. The van der Waals surface area contributed by atoms with E-state index in [-0.39, 0.29) is 6.10 Å². The van der Waals surface area contributed by atoms with Gasteiger partial charge in [0, 0.05) is 0 Å². The third kappa shape index (κ3) is 4.60. The summed E-state index contributed by atoms with van der Waals surface area (Å²) in [5.74, 6) is 0. The molecule has 0 aromatic heterocycles. The molecule has 0 bridgehead atoms. The maximum Gasteiger partial charge on any atom is 0.106 e. The summed E-state index contributed by atoms with van der Waals surface area (Å²) in [5.41, 5.74) is 2.62. The van der Waals surface area contributed by atoms with E-state index < -0.39 is 0 Å². The average Bonchev–Trinajstić information content (AvgIpc) is 2.52. The zero-order valence-corrected chi connectivity index (χ0v) is 12.9. The standard InChI is InChI=1S/C18H28O2/c1-3-5-6-7-8-17-13-20-18(14-19-17)16-11-9-15(4-2)10-12-16/h9-12,17-18H,3-8,13-14H2,1-2H3/t17-,18-/m0/s1. The van der Waals surface area contributed by atoms with Gasteiger partial charge in [0.2, 0.25) is 0 Å². The van der Waals surface area contributed by atoms with Gasteiger partial charge in [-0.1, -0.05) is 63.8 Å². The molecule has 2 atom stereocenters. The Morgan fingerprint density at radius 3 is 2.35 bits per heavy atom. The van der Waals surface area contributed by atoms with Crippen molar-refractivity contribution in [3.8, 4) is 0 Å². The van der Waals surface area contributed by atoms with Gasteiger partial charge in [-0.05, 0) is 24.0 Å². The van der Waals surface area contributed by atoms with E-state index in [1.807, 2.05) is 0 Å². The van der Waals surface area contributed by atoms with Gasteiger partial charge in [-0.15, -0.1) is 0 Å². The van der Waals surface area contributed by atoms with E-state index in [1.165, 1.54) is 36.8 Å². The second-order valence-electron chi connectivity index (χ2n) is 5.72. The second-order valence-corrected chi connectivity index (χ2v) is 5.72. The molecule has 0 spiro atoms. The lowest BCUT2D eigenvalue weighted by atomic mass is 10.0. The molecule has 0 saturated carbocycles. The quantitative estimate of drug-likeness (QED) is 0.673. The molecule has 1 heterocycles. The minimum Gasteiger partial charge on any atom is -0.373 e. The monoisotopic (exact) mass is 276 g/mol. The van der Waals surface area contributed by atoms with Crippen LogP contribution in [-0.2, 0) is 15.9 Å². The van der Waals surface area contributed by atoms with Crippen LogP contribution in [0, 0.1) is 0 Å². The molecule has 1 aromatic carbocycles. The molecule has 20 heavy (non-hydrogen) atoms. The van der Waals surface area contributed by atoms with E-state index in [9.17, 15) is 0 Å². The van der Waals surface area contributed by atoms with Gasteiger partial charge in [-0.2, -0.15) is 0 Å². The van der Waals surface area contributed by atoms with Crippen LogP contribution in [0.3, 0.4) is 0 Å². The second kappa shape index (κ2) is 8.43. The molecule has 1 aliphatic heterocycles. The molecule has 1 aliphatic rings. The first kappa shape index (κ1) is 15.5. The summed E-state index contributed by atoms with van der Waals surface area (Å²) in [7, 11) is 0. The third-order valence-corrected chi connectivity index (χ3v) is 4.11. The summed E-state index contributed by atoms with van der Waals surface area (Å²) in [6.45, 7) is 5.86. The van der Waals surface area contributed by atoms with Crippen molar-refractivity contribution in [1.82, 2.24) is 0 Å². The van der Waals surface area contributed by atoms with E-state index in [2.05, 4.69) is 38.1 Å². The van der Waals surface area contributed by atoms with E-state index in [4.69, 9.17) is 9.47 Å². The van der Waals surface area contributed by atoms with Crippen molar-refractivity contribution in [3.63, 3.8) is 0 Å². The van der Waals surface area contributed by atoms with Gasteiger partial charge in [0.15, 0.2) is 0 Å². The van der Waals surface area contributed by atoms with Crippen LogP contribution in [0.25, 0.3) is 0 Å². The van der Waals surface area contributed by atoms with Crippen LogP contribution in [0.2, 0.25) is 0 Å². The zero-order valence-electron chi connectivity index (χ0n) is 12.9. The molecule has 0 amide bonds. The van der Waals surface area contributed by atoms with Crippen molar-refractivity contribution < 1.29 is 9.47 Å². The molecule has 112 valence electrons. The number of hydrogen-bond acceptors (Lipinski definition) is 2. The highest BCUT2D eigenvalue weighted by atomic mass is 16.6. The lowest BCUT2D eigenvalue weighted by molar-refractivity contribution is -0.137. The number of benzene rings is 1. The van der Waals surface area contributed by atoms with Gasteiger partial charge < -0.3 is 9.47 Å². The highest BCUT2D eigenvalue weighted by Gasteiger charge is 2.23. The van der Waals surface area contributed by atoms with Crippen molar-refractivity contribution in [2.45, 2.75) is 64.6 Å². The van der Waals surface area contributed by atoms with Gasteiger partial charge in [-0.25, -0.2) is 0 Å². The SMILES string of the molecule is CCCCCC[C@H]1CO[C@H](c2ccc(CC)cc2)CO1. The zero-order chi connectivity index (χ0) is 14.2. The van der Waals surface area contributed by atoms with Crippen LogP contribution in [-0.4, -0.2) is 19.3 Å². The predicted octanol–water partition coefficient (Wildman–Crippen LogP) is 4.68. The number of aryl methyl sites for hydroxylation is 1. The predicted molar refractivity (Wildman–Crippen MR) is 83.0 cm³/mol. The van der Waals surface area contributed by atoms with E-state index >= 15 is 0 Å². The van der Waals surface area contributed by atoms with Crippen molar-refractivity contribution in [3.05, 3.63) is 35.4 Å². The molecular weight excluding hydrogens is 248 g/mol. The number of rotatable bonds is 7. The summed E-state index contributed by atoms with van der Waals surface area (Å²) < 4.78 is 11.9. The van der Waals surface area contributed by atoms with E-state index in [0.29, 0.717) is 12.7 Å². The molecule has 1 aromatic rings. The van der Waals surface area contributed by atoms with Crippen molar-refractivity contribution in [1.29, 1.82) is 0 Å². The Bertz CT molecular complexity index is 364. The minimum absolute atomic E-state index is 0.118. The lowest BCUT2D eigenvalue weighted by Gasteiger charge is -2.30. The topological polar surface area (TPSA) is 18.5 Å². The Hall–Kier alpha value is -0.860. The first-order chi connectivity index (χ1) is 9.83. The summed E-state index contributed by atoms with van der Waals surface area (Å²) >= 11 is 0. The summed E-state index contributed by atoms with van der Waals surface area (Å²) in [6, 6.07) is 8.73. The number of ether oxygens (including phenoxy) is 2. The summed E-state index contributed by atoms with van der Waals surface area (Å²) in [5, 5.41) is 0. The van der Waals surface area contributed by atoms with Crippen molar-refractivity contribution in [2.24, 2.45) is 0 Å². The fraction of sp³-hybridized carbons (Fsp3) is 0.667. The third-order valence-electron chi connectivity index (χ3n) is 4.11. The fourth-order valence-electron chi connectivity index (χ4n) is 2.67. The van der Waals surface area contributed by atoms with Gasteiger partial charge in [0.1, 0.15) is 6.10 Å². The Morgan fingerprint density at radius 2 is 1.75 bits per heavy atom. The molecular formula is C18H28O2. The normalized spacial score (nSPS) is 22.9. The lowest BCUT2D eigenvalue weighted by Crippen LogP contribution is -2.31. The van der Waals surface area contributed by atoms with Crippen LogP contribution in [0.1, 0.15) is 63.2 Å². The smallest absolute Gasteiger partial charge is 0.106 e. The van der Waals surface area contributed by atoms with Gasteiger partial charge in [-0.3, -0.25) is 0 Å². The molecule has 2 rings (SSSR count). The highest BCUT2D eigenvalue weighted by Crippen LogP contribution is 2.25. The molecule has 1 saturated heterocycles. The fourth-order valence-corrected chi connectivity index (χ4v) is 2.67.